The number of phosphoric ester groups is 1. The van der Waals surface area contributed by atoms with Crippen molar-refractivity contribution in [1.82, 2.24) is 0 Å². The normalized spacial score (nSPS) is 27.9. The van der Waals surface area contributed by atoms with Crippen molar-refractivity contribution in [2.75, 3.05) is 19.0 Å². The van der Waals surface area contributed by atoms with Crippen LogP contribution in [-0.2, 0) is 34.7 Å². The molecular weight excluding hydrogens is 385 g/mol. The fourth-order valence-electron chi connectivity index (χ4n) is 2.03. The monoisotopic (exact) mass is 406 g/mol. The zero-order valence-electron chi connectivity index (χ0n) is 12.4. The lowest BCUT2D eigenvalue weighted by atomic mass is 9.96. The molecule has 1 heterocycles. The molecule has 1 rings (SSSR count). The van der Waals surface area contributed by atoms with E-state index in [-0.39, 0.29) is 25.7 Å². The van der Waals surface area contributed by atoms with Gasteiger partial charge in [-0.1, -0.05) is 0 Å². The molecule has 0 spiro atoms. The minimum absolute atomic E-state index is 0.105. The summed E-state index contributed by atoms with van der Waals surface area (Å²) in [6.45, 7) is -3.99. The Hall–Kier alpha value is 1.01. The Bertz CT molecular complexity index is 451. The summed E-state index contributed by atoms with van der Waals surface area (Å²) in [5.41, 5.74) is 0. The Morgan fingerprint density at radius 1 is 1.26 bits per heavy atom. The molecule has 4 unspecified atom stereocenters. The molecular formula is C10H21BO8P2S2. The molecule has 3 N–H and O–H groups in total. The minimum Gasteiger partial charge on any atom is -0.382 e. The van der Waals surface area contributed by atoms with Crippen LogP contribution in [0.4, 0.5) is 0 Å². The molecule has 0 aromatic carbocycles. The van der Waals surface area contributed by atoms with Crippen molar-refractivity contribution >= 4 is 46.8 Å². The van der Waals surface area contributed by atoms with Gasteiger partial charge in [-0.2, -0.15) is 12.6 Å². The van der Waals surface area contributed by atoms with Crippen LogP contribution >= 0.6 is 27.2 Å². The molecule has 2 radical (unpaired) electrons. The zero-order chi connectivity index (χ0) is 17.5. The molecule has 134 valence electrons. The highest BCUT2D eigenvalue weighted by Gasteiger charge is 2.38. The molecule has 4 atom stereocenters. The van der Waals surface area contributed by atoms with Gasteiger partial charge in [0.25, 0.3) is 0 Å². The van der Waals surface area contributed by atoms with Gasteiger partial charge in [-0.15, -0.1) is 0 Å². The molecule has 0 aromatic rings. The van der Waals surface area contributed by atoms with E-state index in [4.69, 9.17) is 31.4 Å². The van der Waals surface area contributed by atoms with Gasteiger partial charge in [-0.3, -0.25) is 9.05 Å². The summed E-state index contributed by atoms with van der Waals surface area (Å²) in [7, 11) is 1.41. The van der Waals surface area contributed by atoms with Crippen LogP contribution in [-0.4, -0.2) is 59.7 Å². The average Bonchev–Trinajstić information content (AvgIpc) is 2.73. The number of ether oxygens (including phenoxy) is 1. The highest BCUT2D eigenvalue weighted by Crippen LogP contribution is 2.47. The second-order valence-corrected chi connectivity index (χ2v) is 9.46. The molecule has 0 aromatic heterocycles. The van der Waals surface area contributed by atoms with Gasteiger partial charge in [0.15, 0.2) is 0 Å². The topological polar surface area (TPSA) is 115 Å². The van der Waals surface area contributed by atoms with Crippen LogP contribution in [0.2, 0.25) is 0 Å². The number of thiol groups is 1. The number of hydrogen-bond acceptors (Lipinski definition) is 7. The van der Waals surface area contributed by atoms with Crippen LogP contribution in [0.25, 0.3) is 0 Å². The number of hydrogen-bond donors (Lipinski definition) is 4. The van der Waals surface area contributed by atoms with Crippen molar-refractivity contribution < 1.29 is 37.6 Å². The Labute approximate surface area is 147 Å². The molecule has 23 heavy (non-hydrogen) atoms. The van der Waals surface area contributed by atoms with E-state index in [1.165, 1.54) is 0 Å². The van der Waals surface area contributed by atoms with Crippen LogP contribution in [0.1, 0.15) is 25.7 Å². The maximum atomic E-state index is 11.9. The van der Waals surface area contributed by atoms with Gasteiger partial charge in [-0.25, -0.2) is 4.57 Å². The van der Waals surface area contributed by atoms with Crippen LogP contribution in [0.15, 0.2) is 0 Å². The number of phosphoric acid groups is 1. The van der Waals surface area contributed by atoms with Crippen LogP contribution in [0, 0.1) is 0 Å². The van der Waals surface area contributed by atoms with Crippen molar-refractivity contribution in [2.24, 2.45) is 0 Å². The van der Waals surface area contributed by atoms with Crippen molar-refractivity contribution in [2.45, 2.75) is 43.9 Å². The summed E-state index contributed by atoms with van der Waals surface area (Å²) in [6.07, 6.45) is 0.830. The van der Waals surface area contributed by atoms with Gasteiger partial charge < -0.3 is 23.9 Å². The standard InChI is InChI=1S/C10H21BO8P2S2/c11-10-7-9(8(18-10)3-1-6-22)19-20(12,13)16-4-2-5-17-21(14,15)23/h8-10,22H,1-7H2,(H,12,13)(H2,14,15,23). The Kier molecular flexibility index (Phi) is 9.81. The summed E-state index contributed by atoms with van der Waals surface area (Å²) in [5.74, 6) is 0.665. The predicted molar refractivity (Wildman–Crippen MR) is 92.1 cm³/mol. The summed E-state index contributed by atoms with van der Waals surface area (Å²) in [5, 5.41) is 0. The lowest BCUT2D eigenvalue weighted by Gasteiger charge is -2.21. The number of rotatable bonds is 11. The Balaban J connectivity index is 2.35. The molecule has 0 aliphatic carbocycles. The maximum Gasteiger partial charge on any atom is 0.472 e. The summed E-state index contributed by atoms with van der Waals surface area (Å²) in [6, 6.07) is -0.545. The van der Waals surface area contributed by atoms with E-state index < -0.39 is 26.6 Å². The van der Waals surface area contributed by atoms with E-state index in [1.807, 2.05) is 0 Å². The van der Waals surface area contributed by atoms with Gasteiger partial charge in [0.1, 0.15) is 7.85 Å². The Morgan fingerprint density at radius 2 is 1.91 bits per heavy atom. The molecule has 1 aliphatic heterocycles. The lowest BCUT2D eigenvalue weighted by molar-refractivity contribution is 0.0190. The van der Waals surface area contributed by atoms with E-state index in [0.29, 0.717) is 18.6 Å². The van der Waals surface area contributed by atoms with Gasteiger partial charge >= 0.3 is 14.5 Å². The third-order valence-electron chi connectivity index (χ3n) is 2.95. The molecule has 1 aliphatic rings. The van der Waals surface area contributed by atoms with Gasteiger partial charge in [0.2, 0.25) is 0 Å². The first-order chi connectivity index (χ1) is 10.6. The minimum atomic E-state index is -4.27. The third-order valence-corrected chi connectivity index (χ3v) is 5.14. The second-order valence-electron chi connectivity index (χ2n) is 4.94. The highest BCUT2D eigenvalue weighted by atomic mass is 32.5. The van der Waals surface area contributed by atoms with Gasteiger partial charge in [0.05, 0.1) is 25.4 Å². The lowest BCUT2D eigenvalue weighted by Crippen LogP contribution is -2.24. The highest BCUT2D eigenvalue weighted by molar-refractivity contribution is 8.06. The molecule has 0 amide bonds. The van der Waals surface area contributed by atoms with Crippen LogP contribution < -0.4 is 0 Å². The predicted octanol–water partition coefficient (Wildman–Crippen LogP) is 1.10. The van der Waals surface area contributed by atoms with Crippen LogP contribution in [0.3, 0.4) is 0 Å². The first kappa shape index (κ1) is 22.1. The smallest absolute Gasteiger partial charge is 0.382 e. The van der Waals surface area contributed by atoms with Gasteiger partial charge in [0, 0.05) is 6.00 Å². The molecule has 1 fully saturated rings. The maximum absolute atomic E-state index is 11.9. The molecule has 8 nitrogen and oxygen atoms in total. The van der Waals surface area contributed by atoms with E-state index in [1.54, 1.807) is 0 Å². The quantitative estimate of drug-likeness (QED) is 0.173. The first-order valence-corrected chi connectivity index (χ1v) is 11.8. The zero-order valence-corrected chi connectivity index (χ0v) is 15.9. The van der Waals surface area contributed by atoms with E-state index in [9.17, 15) is 9.46 Å². The second kappa shape index (κ2) is 10.2. The molecule has 0 bridgehead atoms. The van der Waals surface area contributed by atoms with E-state index >= 15 is 0 Å². The van der Waals surface area contributed by atoms with Crippen molar-refractivity contribution in [3.05, 3.63) is 0 Å². The fourth-order valence-corrected chi connectivity index (χ4v) is 3.79. The van der Waals surface area contributed by atoms with Crippen molar-refractivity contribution in [3.63, 3.8) is 0 Å². The molecule has 1 saturated heterocycles. The van der Waals surface area contributed by atoms with Gasteiger partial charge in [-0.05, 0) is 43.2 Å². The van der Waals surface area contributed by atoms with Crippen molar-refractivity contribution in [1.29, 1.82) is 0 Å². The van der Waals surface area contributed by atoms with Crippen molar-refractivity contribution in [3.8, 4) is 0 Å². The largest absolute Gasteiger partial charge is 0.472 e. The SMILES string of the molecule is [B]C1CC(OP(=O)(O)OCCCOP(O)(O)=S)C(CCCS)O1. The first-order valence-electron chi connectivity index (χ1n) is 7.00. The summed E-state index contributed by atoms with van der Waals surface area (Å²) in [4.78, 5) is 27.4. The van der Waals surface area contributed by atoms with Crippen LogP contribution in [0.5, 0.6) is 0 Å². The summed E-state index contributed by atoms with van der Waals surface area (Å²) < 4.78 is 31.8. The van der Waals surface area contributed by atoms with E-state index in [2.05, 4.69) is 29.0 Å². The molecule has 0 saturated carbocycles. The summed E-state index contributed by atoms with van der Waals surface area (Å²) >= 11 is 8.37. The Morgan fingerprint density at radius 3 is 2.52 bits per heavy atom. The average molecular weight is 406 g/mol. The van der Waals surface area contributed by atoms with E-state index in [0.717, 1.165) is 6.42 Å². The third kappa shape index (κ3) is 9.92. The fraction of sp³-hybridized carbons (Fsp3) is 1.00. The molecule has 13 heteroatoms.